The Morgan fingerprint density at radius 1 is 1.24 bits per heavy atom. The lowest BCUT2D eigenvalue weighted by atomic mass is 9.94. The van der Waals surface area contributed by atoms with Crippen molar-refractivity contribution in [2.24, 2.45) is 17.0 Å². The van der Waals surface area contributed by atoms with E-state index in [4.69, 9.17) is 16.3 Å². The van der Waals surface area contributed by atoms with Crippen LogP contribution in [-0.4, -0.2) is 29.5 Å². The van der Waals surface area contributed by atoms with E-state index in [2.05, 4.69) is 34.6 Å². The lowest BCUT2D eigenvalue weighted by Crippen LogP contribution is -2.40. The Hall–Kier alpha value is -1.07. The summed E-state index contributed by atoms with van der Waals surface area (Å²) in [4.78, 5) is 10.9. The zero-order valence-electron chi connectivity index (χ0n) is 14.5. The number of nitrogens with two attached hydrogens (primary N) is 2. The second-order valence-corrected chi connectivity index (χ2v) is 7.14. The largest absolute Gasteiger partial charge is 0.401 e. The van der Waals surface area contributed by atoms with Gasteiger partial charge in [-0.05, 0) is 33.6 Å². The van der Waals surface area contributed by atoms with Gasteiger partial charge >= 0.3 is 0 Å². The van der Waals surface area contributed by atoms with Gasteiger partial charge in [0.1, 0.15) is 5.78 Å². The molecule has 0 radical (unpaired) electrons. The van der Waals surface area contributed by atoms with E-state index >= 15 is 0 Å². The Balaban J connectivity index is 4.37. The van der Waals surface area contributed by atoms with Crippen LogP contribution in [0.25, 0.3) is 0 Å². The third-order valence-electron chi connectivity index (χ3n) is 3.41. The number of nitrogens with zero attached hydrogens (tertiary/aromatic N) is 1. The Bertz CT molecular complexity index is 363. The van der Waals surface area contributed by atoms with Gasteiger partial charge in [-0.2, -0.15) is 0 Å². The minimum atomic E-state index is -0.118. The molecular weight excluding hydrogens is 266 g/mol. The first-order chi connectivity index (χ1) is 9.47. The van der Waals surface area contributed by atoms with Crippen LogP contribution < -0.4 is 11.6 Å². The van der Waals surface area contributed by atoms with E-state index in [1.165, 1.54) is 0 Å². The number of allylic oxidation sites excluding steroid dienone is 1. The maximum absolute atomic E-state index is 10.9. The van der Waals surface area contributed by atoms with Crippen molar-refractivity contribution in [2.45, 2.75) is 66.4 Å². The minimum Gasteiger partial charge on any atom is -0.401 e. The average molecular weight is 299 g/mol. The van der Waals surface area contributed by atoms with E-state index in [0.717, 1.165) is 6.42 Å². The zero-order valence-corrected chi connectivity index (χ0v) is 14.5. The first kappa shape index (κ1) is 19.9. The van der Waals surface area contributed by atoms with Gasteiger partial charge in [0.2, 0.25) is 0 Å². The molecule has 124 valence electrons. The summed E-state index contributed by atoms with van der Waals surface area (Å²) in [6.07, 6.45) is 3.67. The molecule has 0 amide bonds. The maximum Gasteiger partial charge on any atom is 0.130 e. The first-order valence-corrected chi connectivity index (χ1v) is 7.58. The molecule has 0 aliphatic heterocycles. The van der Waals surface area contributed by atoms with Gasteiger partial charge in [0.25, 0.3) is 0 Å². The van der Waals surface area contributed by atoms with Crippen LogP contribution in [0.2, 0.25) is 0 Å². The molecule has 5 nitrogen and oxygen atoms in total. The van der Waals surface area contributed by atoms with Crippen LogP contribution in [0.5, 0.6) is 0 Å². The van der Waals surface area contributed by atoms with Crippen molar-refractivity contribution in [3.05, 3.63) is 11.9 Å². The Morgan fingerprint density at radius 2 is 1.81 bits per heavy atom. The molecule has 0 spiro atoms. The molecule has 21 heavy (non-hydrogen) atoms. The maximum atomic E-state index is 10.9. The molecule has 0 atom stereocenters. The SMILES string of the molecule is CCC(C)(C)OCC(C)(C)CN(N)/C=C(\N)CCC(C)=O. The zero-order chi connectivity index (χ0) is 16.7. The summed E-state index contributed by atoms with van der Waals surface area (Å²) in [5, 5.41) is 1.58. The van der Waals surface area contributed by atoms with Gasteiger partial charge in [-0.15, -0.1) is 0 Å². The predicted molar refractivity (Wildman–Crippen MR) is 87.2 cm³/mol. The number of hydrogen-bond donors (Lipinski definition) is 2. The van der Waals surface area contributed by atoms with Gasteiger partial charge in [0.15, 0.2) is 0 Å². The lowest BCUT2D eigenvalue weighted by Gasteiger charge is -2.33. The predicted octanol–water partition coefficient (Wildman–Crippen LogP) is 2.56. The van der Waals surface area contributed by atoms with Crippen molar-refractivity contribution in [2.75, 3.05) is 13.2 Å². The van der Waals surface area contributed by atoms with Crippen molar-refractivity contribution in [3.8, 4) is 0 Å². The summed E-state index contributed by atoms with van der Waals surface area (Å²) in [7, 11) is 0. The second kappa shape index (κ2) is 8.39. The van der Waals surface area contributed by atoms with Crippen LogP contribution in [0.4, 0.5) is 0 Å². The summed E-state index contributed by atoms with van der Waals surface area (Å²) >= 11 is 0. The van der Waals surface area contributed by atoms with E-state index in [1.807, 2.05) is 0 Å². The monoisotopic (exact) mass is 299 g/mol. The summed E-state index contributed by atoms with van der Waals surface area (Å²) in [5.74, 6) is 6.11. The fourth-order valence-corrected chi connectivity index (χ4v) is 1.68. The Kier molecular flexibility index (Phi) is 7.96. The normalized spacial score (nSPS) is 13.4. The molecule has 0 unspecified atom stereocenters. The molecule has 0 saturated heterocycles. The van der Waals surface area contributed by atoms with E-state index in [9.17, 15) is 4.79 Å². The highest BCUT2D eigenvalue weighted by molar-refractivity contribution is 5.75. The van der Waals surface area contributed by atoms with Crippen LogP contribution >= 0.6 is 0 Å². The Morgan fingerprint density at radius 3 is 2.29 bits per heavy atom. The number of ether oxygens (including phenoxy) is 1. The Labute approximate surface area is 129 Å². The van der Waals surface area contributed by atoms with Crippen molar-refractivity contribution in [1.29, 1.82) is 0 Å². The van der Waals surface area contributed by atoms with Crippen molar-refractivity contribution in [3.63, 3.8) is 0 Å². The van der Waals surface area contributed by atoms with Crippen LogP contribution in [0.15, 0.2) is 11.9 Å². The smallest absolute Gasteiger partial charge is 0.130 e. The van der Waals surface area contributed by atoms with Crippen molar-refractivity contribution < 1.29 is 9.53 Å². The van der Waals surface area contributed by atoms with Crippen LogP contribution in [0.3, 0.4) is 0 Å². The topological polar surface area (TPSA) is 81.6 Å². The molecule has 0 bridgehead atoms. The summed E-state index contributed by atoms with van der Waals surface area (Å²) in [6.45, 7) is 13.3. The number of carbonyl (C=O) groups is 1. The van der Waals surface area contributed by atoms with Gasteiger partial charge in [-0.1, -0.05) is 20.8 Å². The number of rotatable bonds is 10. The number of ketones is 1. The minimum absolute atomic E-state index is 0.0848. The molecule has 0 heterocycles. The van der Waals surface area contributed by atoms with Gasteiger partial charge < -0.3 is 20.3 Å². The van der Waals surface area contributed by atoms with Gasteiger partial charge in [0, 0.05) is 30.3 Å². The highest BCUT2D eigenvalue weighted by Gasteiger charge is 2.25. The third-order valence-corrected chi connectivity index (χ3v) is 3.41. The molecule has 0 aliphatic rings. The number of Topliss-reactive ketones (excluding diaryl/α,β-unsaturated/α-hetero) is 1. The third kappa shape index (κ3) is 10.3. The van der Waals surface area contributed by atoms with Crippen molar-refractivity contribution >= 4 is 5.78 Å². The molecule has 0 aromatic carbocycles. The quantitative estimate of drug-likeness (QED) is 0.478. The molecule has 0 aromatic rings. The summed E-state index contributed by atoms with van der Waals surface area (Å²) in [5.41, 5.74) is 6.28. The highest BCUT2D eigenvalue weighted by Crippen LogP contribution is 2.22. The van der Waals surface area contributed by atoms with Crippen molar-refractivity contribution in [1.82, 2.24) is 5.01 Å². The van der Waals surface area contributed by atoms with E-state index in [1.54, 1.807) is 18.1 Å². The van der Waals surface area contributed by atoms with Gasteiger partial charge in [-0.3, -0.25) is 0 Å². The number of carbonyl (C=O) groups excluding carboxylic acids is 1. The lowest BCUT2D eigenvalue weighted by molar-refractivity contribution is -0.116. The molecule has 0 fully saturated rings. The molecule has 5 heteroatoms. The standard InChI is InChI=1S/C16H33N3O2/c1-7-16(5,6)21-12-15(3,4)11-19(18)10-14(17)9-8-13(2)20/h10H,7-9,11-12,17-18H2,1-6H3/b14-10-. The molecule has 0 aromatic heterocycles. The number of hydrazine groups is 1. The molecular formula is C16H33N3O2. The van der Waals surface area contributed by atoms with Crippen LogP contribution in [0.1, 0.15) is 60.8 Å². The fourth-order valence-electron chi connectivity index (χ4n) is 1.68. The molecule has 0 aliphatic carbocycles. The van der Waals surface area contributed by atoms with Gasteiger partial charge in [-0.25, -0.2) is 5.84 Å². The second-order valence-electron chi connectivity index (χ2n) is 7.14. The summed E-state index contributed by atoms with van der Waals surface area (Å²) < 4.78 is 5.95. The van der Waals surface area contributed by atoms with Gasteiger partial charge in [0.05, 0.1) is 12.2 Å². The molecule has 4 N–H and O–H groups in total. The van der Waals surface area contributed by atoms with E-state index in [0.29, 0.717) is 31.7 Å². The molecule has 0 saturated carbocycles. The van der Waals surface area contributed by atoms with Crippen LogP contribution in [0, 0.1) is 5.41 Å². The van der Waals surface area contributed by atoms with E-state index in [-0.39, 0.29) is 16.8 Å². The average Bonchev–Trinajstić information content (AvgIpc) is 2.33. The van der Waals surface area contributed by atoms with Crippen LogP contribution in [-0.2, 0) is 9.53 Å². The first-order valence-electron chi connectivity index (χ1n) is 7.58. The number of hydrogen-bond acceptors (Lipinski definition) is 5. The van der Waals surface area contributed by atoms with E-state index < -0.39 is 0 Å². The summed E-state index contributed by atoms with van der Waals surface area (Å²) in [6, 6.07) is 0. The molecule has 0 rings (SSSR count). The highest BCUT2D eigenvalue weighted by atomic mass is 16.5. The fraction of sp³-hybridized carbons (Fsp3) is 0.812.